The van der Waals surface area contributed by atoms with Crippen molar-refractivity contribution in [3.05, 3.63) is 59.4 Å². The van der Waals surface area contributed by atoms with E-state index >= 15 is 0 Å². The number of carbonyl (C=O) groups excluding carboxylic acids is 1. The summed E-state index contributed by atoms with van der Waals surface area (Å²) < 4.78 is 2.06. The molecule has 0 aliphatic carbocycles. The van der Waals surface area contributed by atoms with Crippen molar-refractivity contribution in [2.75, 3.05) is 7.05 Å². The molecule has 0 aliphatic heterocycles. The number of benzene rings is 1. The molecule has 2 aromatic rings. The second-order valence-electron chi connectivity index (χ2n) is 5.24. The number of para-hydroxylation sites is 1. The first-order valence-electron chi connectivity index (χ1n) is 6.80. The Balaban J connectivity index is 2.37. The van der Waals surface area contributed by atoms with Gasteiger partial charge >= 0.3 is 0 Å². The summed E-state index contributed by atoms with van der Waals surface area (Å²) in [6.45, 7) is 6.01. The highest BCUT2D eigenvalue weighted by Gasteiger charge is 2.08. The number of likely N-dealkylation sites (N-methyl/N-ethyl adjacent to an activating group) is 1. The first-order valence-corrected chi connectivity index (χ1v) is 6.80. The Bertz CT molecular complexity index is 676. The van der Waals surface area contributed by atoms with Crippen molar-refractivity contribution in [3.8, 4) is 5.69 Å². The molecule has 2 rings (SSSR count). The fourth-order valence-corrected chi connectivity index (χ4v) is 2.34. The summed E-state index contributed by atoms with van der Waals surface area (Å²) in [5, 5.41) is 9.68. The molecule has 21 heavy (non-hydrogen) atoms. The average molecular weight is 284 g/mol. The van der Waals surface area contributed by atoms with E-state index in [-0.39, 0.29) is 0 Å². The largest absolute Gasteiger partial charge is 0.323 e. The monoisotopic (exact) mass is 284 g/mol. The quantitative estimate of drug-likeness (QED) is 0.534. The molecule has 0 aliphatic rings. The van der Waals surface area contributed by atoms with E-state index in [1.54, 1.807) is 0 Å². The highest BCUT2D eigenvalue weighted by Crippen LogP contribution is 2.22. The molecule has 0 saturated heterocycles. The summed E-state index contributed by atoms with van der Waals surface area (Å²) in [7, 11) is 1.31. The second kappa shape index (κ2) is 5.97. The molecule has 1 N–H and O–H groups in total. The van der Waals surface area contributed by atoms with Gasteiger partial charge in [-0.2, -0.15) is 0 Å². The van der Waals surface area contributed by atoms with Gasteiger partial charge in [0, 0.05) is 25.5 Å². The maximum absolute atomic E-state index is 11.5. The number of amides is 1. The molecule has 1 aromatic heterocycles. The fraction of sp³-hybridized carbons (Fsp3) is 0.235. The number of hydrogen-bond donors (Lipinski definition) is 1. The number of hydroxylamine groups is 2. The lowest BCUT2D eigenvalue weighted by Crippen LogP contribution is -2.20. The predicted octanol–water partition coefficient (Wildman–Crippen LogP) is 3.35. The van der Waals surface area contributed by atoms with Crippen molar-refractivity contribution >= 4 is 11.5 Å². The molecule has 0 spiro atoms. The molecule has 4 nitrogen and oxygen atoms in total. The molecule has 0 saturated carbocycles. The molecule has 0 fully saturated rings. The maximum atomic E-state index is 11.5. The summed E-state index contributed by atoms with van der Waals surface area (Å²) in [5.74, 6) is -0.438. The normalized spacial score (nSPS) is 11.6. The van der Waals surface area contributed by atoms with Crippen molar-refractivity contribution < 1.29 is 10.0 Å². The number of nitrogens with zero attached hydrogens (tertiary/aromatic N) is 2. The van der Waals surface area contributed by atoms with Gasteiger partial charge in [-0.25, -0.2) is 5.06 Å². The lowest BCUT2D eigenvalue weighted by molar-refractivity contribution is -0.153. The van der Waals surface area contributed by atoms with Crippen LogP contribution in [0.2, 0.25) is 0 Å². The molecule has 0 bridgehead atoms. The Morgan fingerprint density at radius 1 is 1.24 bits per heavy atom. The van der Waals surface area contributed by atoms with Crippen LogP contribution >= 0.6 is 0 Å². The predicted molar refractivity (Wildman–Crippen MR) is 83.5 cm³/mol. The van der Waals surface area contributed by atoms with Crippen molar-refractivity contribution in [3.63, 3.8) is 0 Å². The van der Waals surface area contributed by atoms with Crippen molar-refractivity contribution in [1.82, 2.24) is 9.63 Å². The van der Waals surface area contributed by atoms with Crippen molar-refractivity contribution in [1.29, 1.82) is 0 Å². The standard InChI is InChI=1S/C17H20N2O2/c1-12-6-5-7-13(2)17(12)19-9-8-15(11-19)14(3)10-16(20)18(4)21/h5-11,21H,1-4H3. The Labute approximate surface area is 124 Å². The van der Waals surface area contributed by atoms with E-state index in [1.807, 2.05) is 31.5 Å². The van der Waals surface area contributed by atoms with E-state index < -0.39 is 5.91 Å². The van der Waals surface area contributed by atoms with Crippen LogP contribution in [0.1, 0.15) is 23.6 Å². The highest BCUT2D eigenvalue weighted by atomic mass is 16.5. The smallest absolute Gasteiger partial charge is 0.269 e. The zero-order valence-electron chi connectivity index (χ0n) is 12.8. The van der Waals surface area contributed by atoms with E-state index in [1.165, 1.54) is 24.3 Å². The van der Waals surface area contributed by atoms with E-state index in [4.69, 9.17) is 5.21 Å². The molecular formula is C17H20N2O2. The van der Waals surface area contributed by atoms with Crippen LogP contribution in [0.15, 0.2) is 42.7 Å². The van der Waals surface area contributed by atoms with Crippen LogP contribution in [0, 0.1) is 13.8 Å². The third-order valence-electron chi connectivity index (χ3n) is 3.50. The van der Waals surface area contributed by atoms with Gasteiger partial charge in [-0.1, -0.05) is 18.2 Å². The molecular weight excluding hydrogens is 264 g/mol. The Kier molecular flexibility index (Phi) is 4.29. The van der Waals surface area contributed by atoms with E-state index in [0.29, 0.717) is 5.06 Å². The number of carbonyl (C=O) groups is 1. The van der Waals surface area contributed by atoms with Crippen LogP contribution in [-0.4, -0.2) is 27.8 Å². The van der Waals surface area contributed by atoms with E-state index in [9.17, 15) is 4.79 Å². The van der Waals surface area contributed by atoms with Gasteiger partial charge in [0.1, 0.15) is 0 Å². The van der Waals surface area contributed by atoms with Crippen LogP contribution in [-0.2, 0) is 4.79 Å². The zero-order chi connectivity index (χ0) is 15.6. The van der Waals surface area contributed by atoms with Gasteiger partial charge < -0.3 is 4.57 Å². The van der Waals surface area contributed by atoms with Gasteiger partial charge in [0.05, 0.1) is 5.69 Å². The average Bonchev–Trinajstić information content (AvgIpc) is 2.87. The first-order chi connectivity index (χ1) is 9.90. The number of allylic oxidation sites excluding steroid dienone is 1. The minimum Gasteiger partial charge on any atom is -0.323 e. The molecule has 4 heteroatoms. The lowest BCUT2D eigenvalue weighted by Gasteiger charge is -2.10. The molecule has 0 radical (unpaired) electrons. The maximum Gasteiger partial charge on any atom is 0.269 e. The number of hydrogen-bond acceptors (Lipinski definition) is 2. The number of rotatable bonds is 3. The van der Waals surface area contributed by atoms with Crippen LogP contribution in [0.4, 0.5) is 0 Å². The topological polar surface area (TPSA) is 45.5 Å². The van der Waals surface area contributed by atoms with Crippen molar-refractivity contribution in [2.24, 2.45) is 0 Å². The minimum absolute atomic E-state index is 0.438. The zero-order valence-corrected chi connectivity index (χ0v) is 12.8. The lowest BCUT2D eigenvalue weighted by atomic mass is 10.1. The van der Waals surface area contributed by atoms with Gasteiger partial charge in [-0.3, -0.25) is 10.0 Å². The number of aryl methyl sites for hydroxylation is 2. The fourth-order valence-electron chi connectivity index (χ4n) is 2.34. The van der Waals surface area contributed by atoms with Gasteiger partial charge in [-0.15, -0.1) is 0 Å². The molecule has 0 atom stereocenters. The van der Waals surface area contributed by atoms with E-state index in [2.05, 4.69) is 30.5 Å². The van der Waals surface area contributed by atoms with Crippen molar-refractivity contribution in [2.45, 2.75) is 20.8 Å². The second-order valence-corrected chi connectivity index (χ2v) is 5.24. The van der Waals surface area contributed by atoms with Gasteiger partial charge in [0.25, 0.3) is 5.91 Å². The molecule has 1 heterocycles. The summed E-state index contributed by atoms with van der Waals surface area (Å²) in [5.41, 5.74) is 5.32. The molecule has 1 amide bonds. The SMILES string of the molecule is CC(=CC(=O)N(C)O)c1ccn(-c2c(C)cccc2C)c1. The Morgan fingerprint density at radius 2 is 1.86 bits per heavy atom. The van der Waals surface area contributed by atoms with Gasteiger partial charge in [0.15, 0.2) is 0 Å². The van der Waals surface area contributed by atoms with E-state index in [0.717, 1.165) is 16.8 Å². The Morgan fingerprint density at radius 3 is 2.43 bits per heavy atom. The first kappa shape index (κ1) is 15.1. The van der Waals surface area contributed by atoms with Gasteiger partial charge in [-0.05, 0) is 49.1 Å². The summed E-state index contributed by atoms with van der Waals surface area (Å²) in [4.78, 5) is 11.5. The molecule has 1 aromatic carbocycles. The van der Waals surface area contributed by atoms with Crippen LogP contribution in [0.5, 0.6) is 0 Å². The van der Waals surface area contributed by atoms with Gasteiger partial charge in [0.2, 0.25) is 0 Å². The summed E-state index contributed by atoms with van der Waals surface area (Å²) >= 11 is 0. The molecule has 110 valence electrons. The minimum atomic E-state index is -0.438. The third kappa shape index (κ3) is 3.23. The highest BCUT2D eigenvalue weighted by molar-refractivity contribution is 5.94. The van der Waals surface area contributed by atoms with Crippen LogP contribution < -0.4 is 0 Å². The third-order valence-corrected chi connectivity index (χ3v) is 3.50. The number of aromatic nitrogens is 1. The van der Waals surface area contributed by atoms with Crippen LogP contribution in [0.3, 0.4) is 0 Å². The summed E-state index contributed by atoms with van der Waals surface area (Å²) in [6.07, 6.45) is 5.39. The summed E-state index contributed by atoms with van der Waals surface area (Å²) in [6, 6.07) is 8.16. The Hall–Kier alpha value is -2.33. The van der Waals surface area contributed by atoms with Crippen LogP contribution in [0.25, 0.3) is 11.3 Å². The molecule has 0 unspecified atom stereocenters.